The van der Waals surface area contributed by atoms with Crippen molar-refractivity contribution in [2.45, 2.75) is 78.6 Å². The van der Waals surface area contributed by atoms with E-state index in [1.807, 2.05) is 35.1 Å². The van der Waals surface area contributed by atoms with Gasteiger partial charge in [-0.1, -0.05) is 83.0 Å². The summed E-state index contributed by atoms with van der Waals surface area (Å²) in [6, 6.07) is 18.1. The van der Waals surface area contributed by atoms with Gasteiger partial charge in [0.05, 0.1) is 24.4 Å². The summed E-state index contributed by atoms with van der Waals surface area (Å²) in [5.41, 5.74) is 4.41. The second-order valence-corrected chi connectivity index (χ2v) is 8.79. The van der Waals surface area contributed by atoms with Gasteiger partial charge in [0.2, 0.25) is 0 Å². The molecule has 32 heavy (non-hydrogen) atoms. The van der Waals surface area contributed by atoms with Crippen LogP contribution in [0.5, 0.6) is 5.75 Å². The number of phenols is 1. The maximum atomic E-state index is 10.2. The average Bonchev–Trinajstić information content (AvgIpc) is 3.29. The van der Waals surface area contributed by atoms with Crippen LogP contribution in [0.1, 0.15) is 58.1 Å². The normalized spacial score (nSPS) is 18.4. The molecule has 3 aromatic rings. The Morgan fingerprint density at radius 2 is 1.75 bits per heavy atom. The summed E-state index contributed by atoms with van der Waals surface area (Å²) in [7, 11) is 0. The van der Waals surface area contributed by atoms with Gasteiger partial charge in [0, 0.05) is 18.2 Å². The Hall–Kier alpha value is -2.59. The molecule has 4 rings (SSSR count). The number of benzene rings is 2. The van der Waals surface area contributed by atoms with Crippen LogP contribution in [0, 0.1) is 5.92 Å². The third-order valence-electron chi connectivity index (χ3n) is 6.25. The fraction of sp³-hybridized carbons (Fsp3) is 0.464. The van der Waals surface area contributed by atoms with E-state index in [4.69, 9.17) is 9.84 Å². The van der Waals surface area contributed by atoms with Gasteiger partial charge in [-0.25, -0.2) is 0 Å². The molecule has 0 amide bonds. The van der Waals surface area contributed by atoms with Gasteiger partial charge in [-0.3, -0.25) is 4.68 Å². The van der Waals surface area contributed by atoms with E-state index >= 15 is 0 Å². The van der Waals surface area contributed by atoms with Crippen LogP contribution >= 0.6 is 0 Å². The highest BCUT2D eigenvalue weighted by atomic mass is 16.5. The van der Waals surface area contributed by atoms with Crippen molar-refractivity contribution < 1.29 is 9.84 Å². The van der Waals surface area contributed by atoms with Crippen molar-refractivity contribution >= 4 is 0 Å². The maximum absolute atomic E-state index is 10.2. The number of nitrogens with zero attached hydrogens (tertiary/aromatic N) is 2. The number of unbranched alkanes of at least 4 members (excludes halogenated alkanes) is 1. The van der Waals surface area contributed by atoms with Crippen molar-refractivity contribution in [2.75, 3.05) is 0 Å². The zero-order valence-corrected chi connectivity index (χ0v) is 20.0. The minimum absolute atomic E-state index is 0.100. The van der Waals surface area contributed by atoms with Crippen LogP contribution in [0.3, 0.4) is 0 Å². The molecule has 1 heterocycles. The van der Waals surface area contributed by atoms with E-state index in [1.54, 1.807) is 6.07 Å². The quantitative estimate of drug-likeness (QED) is 0.452. The second-order valence-electron chi connectivity index (χ2n) is 8.79. The number of rotatable bonds is 7. The smallest absolute Gasteiger partial charge is 0.119 e. The van der Waals surface area contributed by atoms with Crippen molar-refractivity contribution in [3.8, 4) is 17.0 Å². The Bertz CT molecular complexity index is 949. The van der Waals surface area contributed by atoms with E-state index in [1.165, 1.54) is 18.4 Å². The van der Waals surface area contributed by atoms with Gasteiger partial charge in [0.15, 0.2) is 0 Å². The molecule has 3 atom stereocenters. The van der Waals surface area contributed by atoms with Crippen LogP contribution in [-0.2, 0) is 24.1 Å². The van der Waals surface area contributed by atoms with E-state index < -0.39 is 0 Å². The number of phenolic OH excluding ortho intramolecular Hbond substituents is 1. The number of ether oxygens (including phenoxy) is 1. The summed E-state index contributed by atoms with van der Waals surface area (Å²) in [6.45, 7) is 9.50. The fourth-order valence-corrected chi connectivity index (χ4v) is 4.06. The molecular formula is C28H38N2O2. The molecule has 4 nitrogen and oxygen atoms in total. The molecule has 1 aliphatic carbocycles. The van der Waals surface area contributed by atoms with Crippen LogP contribution in [0.25, 0.3) is 11.3 Å². The highest BCUT2D eigenvalue weighted by Gasteiger charge is 2.29. The highest BCUT2D eigenvalue weighted by molar-refractivity contribution is 5.57. The molecule has 0 spiro atoms. The van der Waals surface area contributed by atoms with Gasteiger partial charge in [0.1, 0.15) is 5.75 Å². The first-order valence-electron chi connectivity index (χ1n) is 12.1. The lowest BCUT2D eigenvalue weighted by Gasteiger charge is -2.34. The molecule has 172 valence electrons. The van der Waals surface area contributed by atoms with Crippen molar-refractivity contribution in [1.29, 1.82) is 0 Å². The fourth-order valence-electron chi connectivity index (χ4n) is 4.06. The Kier molecular flexibility index (Phi) is 8.92. The SMILES string of the molecule is CCC(Cn1ccc(-c2ccccc2)n1)O[C@@H]1Cc2c(O)cccc2C[C@H]1C.CCCC. The van der Waals surface area contributed by atoms with Crippen LogP contribution < -0.4 is 0 Å². The van der Waals surface area contributed by atoms with Gasteiger partial charge < -0.3 is 9.84 Å². The number of hydrogen-bond donors (Lipinski definition) is 1. The predicted octanol–water partition coefficient (Wildman–Crippen LogP) is 6.66. The minimum Gasteiger partial charge on any atom is -0.508 e. The number of hydrogen-bond acceptors (Lipinski definition) is 3. The monoisotopic (exact) mass is 434 g/mol. The van der Waals surface area contributed by atoms with Crippen LogP contribution in [0.4, 0.5) is 0 Å². The Morgan fingerprint density at radius 3 is 2.44 bits per heavy atom. The van der Waals surface area contributed by atoms with E-state index in [0.29, 0.717) is 11.7 Å². The molecule has 0 fully saturated rings. The minimum atomic E-state index is 0.100. The average molecular weight is 435 g/mol. The predicted molar refractivity (Wildman–Crippen MR) is 132 cm³/mol. The van der Waals surface area contributed by atoms with Crippen molar-refractivity contribution in [1.82, 2.24) is 9.78 Å². The highest BCUT2D eigenvalue weighted by Crippen LogP contribution is 2.33. The first kappa shape index (κ1) is 24.1. The van der Waals surface area contributed by atoms with Crippen LogP contribution in [0.2, 0.25) is 0 Å². The maximum Gasteiger partial charge on any atom is 0.119 e. The van der Waals surface area contributed by atoms with E-state index in [2.05, 4.69) is 52.0 Å². The summed E-state index contributed by atoms with van der Waals surface area (Å²) >= 11 is 0. The van der Waals surface area contributed by atoms with E-state index in [0.717, 1.165) is 42.6 Å². The lowest BCUT2D eigenvalue weighted by atomic mass is 9.82. The summed E-state index contributed by atoms with van der Waals surface area (Å²) < 4.78 is 8.49. The first-order valence-corrected chi connectivity index (χ1v) is 12.1. The molecule has 0 saturated heterocycles. The van der Waals surface area contributed by atoms with E-state index in [9.17, 15) is 5.11 Å². The van der Waals surface area contributed by atoms with E-state index in [-0.39, 0.29) is 12.2 Å². The van der Waals surface area contributed by atoms with Crippen LogP contribution in [-0.4, -0.2) is 27.1 Å². The molecule has 0 saturated carbocycles. The Labute approximate surface area is 193 Å². The molecule has 0 aliphatic heterocycles. The largest absolute Gasteiger partial charge is 0.508 e. The molecule has 1 N–H and O–H groups in total. The molecule has 0 radical (unpaired) electrons. The summed E-state index contributed by atoms with van der Waals surface area (Å²) in [5.74, 6) is 0.825. The third kappa shape index (κ3) is 6.23. The molecule has 1 aliphatic rings. The summed E-state index contributed by atoms with van der Waals surface area (Å²) in [4.78, 5) is 0. The zero-order chi connectivity index (χ0) is 22.9. The standard InChI is InChI=1S/C24H28N2O2.C4H10/c1-3-20(16-26-13-12-22(25-26)18-8-5-4-6-9-18)28-24-15-21-19(14-17(24)2)10-7-11-23(21)27;1-3-4-2/h4-13,17,20,24,27H,3,14-16H2,1-2H3;3-4H2,1-2H3/t17-,20?,24-;/m1./s1. The van der Waals surface area contributed by atoms with Crippen molar-refractivity contribution in [2.24, 2.45) is 5.92 Å². The molecule has 2 aromatic carbocycles. The van der Waals surface area contributed by atoms with Gasteiger partial charge in [-0.2, -0.15) is 5.10 Å². The zero-order valence-electron chi connectivity index (χ0n) is 20.0. The molecule has 1 aromatic heterocycles. The van der Waals surface area contributed by atoms with Gasteiger partial charge in [-0.05, 0) is 42.0 Å². The lowest BCUT2D eigenvalue weighted by Crippen LogP contribution is -2.35. The molecular weight excluding hydrogens is 396 g/mol. The van der Waals surface area contributed by atoms with Gasteiger partial charge in [0.25, 0.3) is 0 Å². The van der Waals surface area contributed by atoms with Crippen molar-refractivity contribution in [3.05, 3.63) is 71.9 Å². The second kappa shape index (κ2) is 11.9. The van der Waals surface area contributed by atoms with Gasteiger partial charge >= 0.3 is 0 Å². The number of aromatic hydroxyl groups is 1. The summed E-state index contributed by atoms with van der Waals surface area (Å²) in [6.07, 6.45) is 7.54. The number of fused-ring (bicyclic) bond motifs is 1. The Balaban J connectivity index is 0.000000668. The third-order valence-corrected chi connectivity index (χ3v) is 6.25. The molecule has 1 unspecified atom stereocenters. The Morgan fingerprint density at radius 1 is 1.00 bits per heavy atom. The number of aromatic nitrogens is 2. The topological polar surface area (TPSA) is 47.3 Å². The first-order chi connectivity index (χ1) is 15.5. The van der Waals surface area contributed by atoms with Crippen LogP contribution in [0.15, 0.2) is 60.8 Å². The molecule has 4 heteroatoms. The van der Waals surface area contributed by atoms with Gasteiger partial charge in [-0.15, -0.1) is 0 Å². The van der Waals surface area contributed by atoms with Crippen molar-refractivity contribution in [3.63, 3.8) is 0 Å². The molecule has 0 bridgehead atoms. The lowest BCUT2D eigenvalue weighted by molar-refractivity contribution is -0.0520. The summed E-state index contributed by atoms with van der Waals surface area (Å²) in [5, 5.41) is 15.0.